The summed E-state index contributed by atoms with van der Waals surface area (Å²) in [6.07, 6.45) is -4.36. The fraction of sp³-hybridized carbons (Fsp3) is 0.316. The first-order valence-corrected chi connectivity index (χ1v) is 8.10. The van der Waals surface area contributed by atoms with E-state index >= 15 is 0 Å². The van der Waals surface area contributed by atoms with Crippen molar-refractivity contribution in [1.82, 2.24) is 4.90 Å². The predicted molar refractivity (Wildman–Crippen MR) is 86.6 cm³/mol. The van der Waals surface area contributed by atoms with Crippen LogP contribution in [0.2, 0.25) is 0 Å². The molecule has 1 amide bonds. The van der Waals surface area contributed by atoms with Gasteiger partial charge in [0, 0.05) is 6.54 Å². The second kappa shape index (κ2) is 6.72. The van der Waals surface area contributed by atoms with Crippen molar-refractivity contribution in [2.24, 2.45) is 0 Å². The first kappa shape index (κ1) is 18.4. The molecular formula is C19H17F4NO2. The number of rotatable bonds is 3. The standard InChI is InChI=1S/C19H17F4NO2/c20-16-6-4-14(5-7-16)18(26)8-9-24(12-18)17(25)11-13-2-1-3-15(10-13)19(21,22)23/h1-7,10,26H,8-9,11-12H2/t18-/m1/s1. The Balaban J connectivity index is 1.69. The van der Waals surface area contributed by atoms with E-state index in [1.807, 2.05) is 0 Å². The number of amides is 1. The third-order valence-corrected chi connectivity index (χ3v) is 4.59. The van der Waals surface area contributed by atoms with Crippen LogP contribution < -0.4 is 0 Å². The lowest BCUT2D eigenvalue weighted by atomic mass is 9.93. The maximum atomic E-state index is 13.0. The second-order valence-corrected chi connectivity index (χ2v) is 6.48. The Labute approximate surface area is 147 Å². The predicted octanol–water partition coefficient (Wildman–Crippen LogP) is 3.51. The molecule has 1 fully saturated rings. The van der Waals surface area contributed by atoms with Crippen molar-refractivity contribution in [2.75, 3.05) is 13.1 Å². The van der Waals surface area contributed by atoms with Gasteiger partial charge in [0.15, 0.2) is 0 Å². The van der Waals surface area contributed by atoms with E-state index in [0.717, 1.165) is 12.1 Å². The summed E-state index contributed by atoms with van der Waals surface area (Å²) in [5, 5.41) is 10.7. The minimum Gasteiger partial charge on any atom is -0.383 e. The summed E-state index contributed by atoms with van der Waals surface area (Å²) < 4.78 is 51.3. The topological polar surface area (TPSA) is 40.5 Å². The zero-order valence-electron chi connectivity index (χ0n) is 13.8. The number of alkyl halides is 3. The molecule has 0 saturated carbocycles. The molecule has 0 bridgehead atoms. The summed E-state index contributed by atoms with van der Waals surface area (Å²) in [5.74, 6) is -0.782. The summed E-state index contributed by atoms with van der Waals surface area (Å²) in [6.45, 7) is 0.308. The number of nitrogens with zero attached hydrogens (tertiary/aromatic N) is 1. The van der Waals surface area contributed by atoms with Crippen LogP contribution in [0.15, 0.2) is 48.5 Å². The molecule has 1 aliphatic heterocycles. The van der Waals surface area contributed by atoms with Crippen LogP contribution in [0, 0.1) is 5.82 Å². The highest BCUT2D eigenvalue weighted by atomic mass is 19.4. The van der Waals surface area contributed by atoms with E-state index in [4.69, 9.17) is 0 Å². The highest BCUT2D eigenvalue weighted by Gasteiger charge is 2.39. The van der Waals surface area contributed by atoms with Gasteiger partial charge in [-0.2, -0.15) is 13.2 Å². The molecule has 1 atom stereocenters. The van der Waals surface area contributed by atoms with Crippen LogP contribution in [0.3, 0.4) is 0 Å². The molecule has 0 radical (unpaired) electrons. The molecule has 2 aromatic carbocycles. The van der Waals surface area contributed by atoms with Crippen molar-refractivity contribution < 1.29 is 27.5 Å². The molecule has 0 unspecified atom stereocenters. The van der Waals surface area contributed by atoms with Crippen LogP contribution >= 0.6 is 0 Å². The van der Waals surface area contributed by atoms with Crippen LogP contribution in [-0.2, 0) is 23.0 Å². The Bertz CT molecular complexity index is 804. The molecule has 1 saturated heterocycles. The van der Waals surface area contributed by atoms with Gasteiger partial charge in [-0.3, -0.25) is 4.79 Å². The van der Waals surface area contributed by atoms with Crippen LogP contribution in [0.4, 0.5) is 17.6 Å². The summed E-state index contributed by atoms with van der Waals surface area (Å²) >= 11 is 0. The fourth-order valence-electron chi connectivity index (χ4n) is 3.15. The lowest BCUT2D eigenvalue weighted by molar-refractivity contribution is -0.138. The first-order chi connectivity index (χ1) is 12.2. The number of β-amino-alcohol motifs (C(OH)–C–C–N with tert-alkyl or cyclic N) is 1. The van der Waals surface area contributed by atoms with Crippen molar-refractivity contribution in [3.63, 3.8) is 0 Å². The van der Waals surface area contributed by atoms with E-state index < -0.39 is 23.2 Å². The molecule has 0 aliphatic carbocycles. The number of benzene rings is 2. The number of carbonyl (C=O) groups excluding carboxylic acids is 1. The van der Waals surface area contributed by atoms with Crippen LogP contribution in [0.1, 0.15) is 23.1 Å². The number of aliphatic hydroxyl groups is 1. The number of halogens is 4. The Morgan fingerprint density at radius 3 is 2.50 bits per heavy atom. The van der Waals surface area contributed by atoms with E-state index in [9.17, 15) is 27.5 Å². The molecule has 1 N–H and O–H groups in total. The molecule has 2 aromatic rings. The van der Waals surface area contributed by atoms with E-state index in [2.05, 4.69) is 0 Å². The fourth-order valence-corrected chi connectivity index (χ4v) is 3.15. The Morgan fingerprint density at radius 1 is 1.15 bits per heavy atom. The van der Waals surface area contributed by atoms with E-state index in [1.54, 1.807) is 0 Å². The normalized spacial score (nSPS) is 20.4. The number of hydrogen-bond acceptors (Lipinski definition) is 2. The SMILES string of the molecule is O=C(Cc1cccc(C(F)(F)F)c1)N1CC[C@](O)(c2ccc(F)cc2)C1. The van der Waals surface area contributed by atoms with Crippen molar-refractivity contribution in [2.45, 2.75) is 24.6 Å². The summed E-state index contributed by atoms with van der Waals surface area (Å²) in [4.78, 5) is 13.8. The lowest BCUT2D eigenvalue weighted by Gasteiger charge is -2.24. The maximum Gasteiger partial charge on any atom is 0.416 e. The second-order valence-electron chi connectivity index (χ2n) is 6.48. The van der Waals surface area contributed by atoms with Gasteiger partial charge < -0.3 is 10.0 Å². The van der Waals surface area contributed by atoms with Gasteiger partial charge in [0.1, 0.15) is 11.4 Å². The molecule has 7 heteroatoms. The molecule has 0 aromatic heterocycles. The number of hydrogen-bond donors (Lipinski definition) is 1. The largest absolute Gasteiger partial charge is 0.416 e. The van der Waals surface area contributed by atoms with Gasteiger partial charge >= 0.3 is 6.18 Å². The molecule has 0 spiro atoms. The van der Waals surface area contributed by atoms with Crippen LogP contribution in [-0.4, -0.2) is 29.0 Å². The lowest BCUT2D eigenvalue weighted by Crippen LogP contribution is -2.35. The van der Waals surface area contributed by atoms with E-state index in [-0.39, 0.29) is 37.4 Å². The smallest absolute Gasteiger partial charge is 0.383 e. The van der Waals surface area contributed by atoms with Crippen LogP contribution in [0.5, 0.6) is 0 Å². The quantitative estimate of drug-likeness (QED) is 0.844. The average molecular weight is 367 g/mol. The van der Waals surface area contributed by atoms with Crippen molar-refractivity contribution in [3.8, 4) is 0 Å². The summed E-state index contributed by atoms with van der Waals surface area (Å²) in [7, 11) is 0. The van der Waals surface area contributed by atoms with Crippen molar-refractivity contribution in [1.29, 1.82) is 0 Å². The molecule has 1 aliphatic rings. The molecule has 26 heavy (non-hydrogen) atoms. The Kier molecular flexibility index (Phi) is 4.75. The van der Waals surface area contributed by atoms with E-state index in [1.165, 1.54) is 41.3 Å². The zero-order chi connectivity index (χ0) is 18.9. The third-order valence-electron chi connectivity index (χ3n) is 4.59. The van der Waals surface area contributed by atoms with Gasteiger partial charge in [-0.1, -0.05) is 30.3 Å². The third kappa shape index (κ3) is 3.88. The van der Waals surface area contributed by atoms with Gasteiger partial charge in [-0.05, 0) is 35.7 Å². The monoisotopic (exact) mass is 367 g/mol. The summed E-state index contributed by atoms with van der Waals surface area (Å²) in [5.41, 5.74) is -1.31. The minimum absolute atomic E-state index is 0.0242. The van der Waals surface area contributed by atoms with Gasteiger partial charge in [0.05, 0.1) is 18.5 Å². The number of likely N-dealkylation sites (tertiary alicyclic amines) is 1. The molecule has 138 valence electrons. The highest BCUT2D eigenvalue weighted by Crippen LogP contribution is 2.33. The van der Waals surface area contributed by atoms with Gasteiger partial charge in [0.25, 0.3) is 0 Å². The Hall–Kier alpha value is -2.41. The summed E-state index contributed by atoms with van der Waals surface area (Å²) in [6, 6.07) is 10.1. The van der Waals surface area contributed by atoms with Gasteiger partial charge in [-0.25, -0.2) is 4.39 Å². The average Bonchev–Trinajstić information content (AvgIpc) is 2.98. The van der Waals surface area contributed by atoms with Gasteiger partial charge in [0.2, 0.25) is 5.91 Å². The first-order valence-electron chi connectivity index (χ1n) is 8.10. The highest BCUT2D eigenvalue weighted by molar-refractivity contribution is 5.79. The van der Waals surface area contributed by atoms with Gasteiger partial charge in [-0.15, -0.1) is 0 Å². The molecule has 3 nitrogen and oxygen atoms in total. The zero-order valence-corrected chi connectivity index (χ0v) is 13.8. The molecule has 3 rings (SSSR count). The van der Waals surface area contributed by atoms with Crippen molar-refractivity contribution >= 4 is 5.91 Å². The Morgan fingerprint density at radius 2 is 1.85 bits per heavy atom. The molecular weight excluding hydrogens is 350 g/mol. The van der Waals surface area contributed by atoms with Crippen LogP contribution in [0.25, 0.3) is 0 Å². The maximum absolute atomic E-state index is 13.0. The molecule has 1 heterocycles. The van der Waals surface area contributed by atoms with E-state index in [0.29, 0.717) is 5.56 Å². The minimum atomic E-state index is -4.46. The number of carbonyl (C=O) groups is 1. The van der Waals surface area contributed by atoms with Crippen molar-refractivity contribution in [3.05, 3.63) is 71.0 Å².